The van der Waals surface area contributed by atoms with Crippen LogP contribution in [0.15, 0.2) is 25.0 Å². The van der Waals surface area contributed by atoms with Crippen LogP contribution in [0.2, 0.25) is 0 Å². The monoisotopic (exact) mass is 191 g/mol. The van der Waals surface area contributed by atoms with E-state index >= 15 is 0 Å². The minimum atomic E-state index is 0.311. The van der Waals surface area contributed by atoms with Crippen molar-refractivity contribution in [2.75, 3.05) is 12.8 Å². The second-order valence-corrected chi connectivity index (χ2v) is 2.59. The van der Waals surface area contributed by atoms with Gasteiger partial charge < -0.3 is 10.5 Å². The van der Waals surface area contributed by atoms with Gasteiger partial charge in [-0.2, -0.15) is 0 Å². The molecule has 2 N–H and O–H groups in total. The van der Waals surface area contributed by atoms with Gasteiger partial charge >= 0.3 is 0 Å². The molecule has 72 valence electrons. The number of nitrogen functional groups attached to an aromatic ring is 1. The molecule has 0 radical (unpaired) electrons. The van der Waals surface area contributed by atoms with Crippen molar-refractivity contribution in [1.82, 2.24) is 19.5 Å². The second kappa shape index (κ2) is 3.33. The first-order chi connectivity index (χ1) is 6.83. The molecule has 2 aromatic rings. The summed E-state index contributed by atoms with van der Waals surface area (Å²) in [5, 5.41) is 0. The number of nitrogens with two attached hydrogens (primary N) is 1. The van der Waals surface area contributed by atoms with Gasteiger partial charge in [-0.05, 0) is 0 Å². The standard InChI is InChI=1S/C8H9N5O/c1-14-6-7(9)11-4-12-8(6)13-3-2-10-5-13/h2-5H,1H3,(H2,9,11,12). The van der Waals surface area contributed by atoms with E-state index in [1.807, 2.05) is 0 Å². The molecule has 0 aliphatic carbocycles. The van der Waals surface area contributed by atoms with E-state index < -0.39 is 0 Å². The predicted molar refractivity (Wildman–Crippen MR) is 50.1 cm³/mol. The molecule has 0 saturated heterocycles. The molecule has 0 aliphatic rings. The first-order valence-electron chi connectivity index (χ1n) is 3.95. The number of nitrogens with zero attached hydrogens (tertiary/aromatic N) is 4. The molecule has 0 saturated carbocycles. The third kappa shape index (κ3) is 1.26. The number of aromatic nitrogens is 4. The topological polar surface area (TPSA) is 78.9 Å². The van der Waals surface area contributed by atoms with Crippen LogP contribution in [0.5, 0.6) is 5.75 Å². The molecule has 0 aliphatic heterocycles. The number of rotatable bonds is 2. The summed E-state index contributed by atoms with van der Waals surface area (Å²) < 4.78 is 6.81. The van der Waals surface area contributed by atoms with Gasteiger partial charge in [0.05, 0.1) is 7.11 Å². The minimum Gasteiger partial charge on any atom is -0.490 e. The smallest absolute Gasteiger partial charge is 0.204 e. The van der Waals surface area contributed by atoms with Crippen molar-refractivity contribution in [3.63, 3.8) is 0 Å². The molecule has 0 spiro atoms. The predicted octanol–water partition coefficient (Wildman–Crippen LogP) is 0.253. The molecule has 2 heterocycles. The Morgan fingerprint density at radius 1 is 1.43 bits per heavy atom. The fourth-order valence-electron chi connectivity index (χ4n) is 1.14. The maximum Gasteiger partial charge on any atom is 0.204 e. The van der Waals surface area contributed by atoms with Gasteiger partial charge in [-0.25, -0.2) is 15.0 Å². The first kappa shape index (κ1) is 8.49. The third-order valence-corrected chi connectivity index (χ3v) is 1.77. The number of ether oxygens (including phenoxy) is 1. The van der Waals surface area contributed by atoms with E-state index in [1.165, 1.54) is 13.4 Å². The van der Waals surface area contributed by atoms with E-state index in [2.05, 4.69) is 15.0 Å². The zero-order chi connectivity index (χ0) is 9.97. The molecule has 2 aromatic heterocycles. The summed E-state index contributed by atoms with van der Waals surface area (Å²) in [6, 6.07) is 0. The zero-order valence-electron chi connectivity index (χ0n) is 7.58. The lowest BCUT2D eigenvalue weighted by molar-refractivity contribution is 0.411. The van der Waals surface area contributed by atoms with Crippen LogP contribution in [0.3, 0.4) is 0 Å². The van der Waals surface area contributed by atoms with E-state index in [0.717, 1.165) is 0 Å². The van der Waals surface area contributed by atoms with Crippen LogP contribution in [0.4, 0.5) is 5.82 Å². The lowest BCUT2D eigenvalue weighted by atomic mass is 10.4. The average Bonchev–Trinajstić information content (AvgIpc) is 2.70. The van der Waals surface area contributed by atoms with Crippen molar-refractivity contribution < 1.29 is 4.74 Å². The summed E-state index contributed by atoms with van der Waals surface area (Å²) >= 11 is 0. The van der Waals surface area contributed by atoms with Crippen LogP contribution in [0.25, 0.3) is 5.82 Å². The summed E-state index contributed by atoms with van der Waals surface area (Å²) in [4.78, 5) is 11.8. The van der Waals surface area contributed by atoms with Gasteiger partial charge in [0.1, 0.15) is 12.7 Å². The highest BCUT2D eigenvalue weighted by Crippen LogP contribution is 2.24. The molecule has 0 unspecified atom stereocenters. The third-order valence-electron chi connectivity index (χ3n) is 1.77. The van der Waals surface area contributed by atoms with Crippen LogP contribution in [0, 0.1) is 0 Å². The highest BCUT2D eigenvalue weighted by atomic mass is 16.5. The molecule has 2 rings (SSSR count). The Hall–Kier alpha value is -2.11. The van der Waals surface area contributed by atoms with Gasteiger partial charge in [-0.3, -0.25) is 4.57 Å². The number of anilines is 1. The number of hydrogen-bond acceptors (Lipinski definition) is 5. The second-order valence-electron chi connectivity index (χ2n) is 2.59. The number of hydrogen-bond donors (Lipinski definition) is 1. The van der Waals surface area contributed by atoms with E-state index in [-0.39, 0.29) is 0 Å². The Morgan fingerprint density at radius 2 is 2.29 bits per heavy atom. The summed E-state index contributed by atoms with van der Waals surface area (Å²) in [5.74, 6) is 1.34. The summed E-state index contributed by atoms with van der Waals surface area (Å²) in [6.45, 7) is 0. The fourth-order valence-corrected chi connectivity index (χ4v) is 1.14. The van der Waals surface area contributed by atoms with Crippen LogP contribution < -0.4 is 10.5 Å². The van der Waals surface area contributed by atoms with Crippen LogP contribution in [-0.2, 0) is 0 Å². The van der Waals surface area contributed by atoms with E-state index in [1.54, 1.807) is 23.3 Å². The van der Waals surface area contributed by atoms with Gasteiger partial charge in [-0.1, -0.05) is 0 Å². The molecule has 14 heavy (non-hydrogen) atoms. The maximum atomic E-state index is 5.63. The Balaban J connectivity index is 2.58. The molecule has 6 nitrogen and oxygen atoms in total. The lowest BCUT2D eigenvalue weighted by Crippen LogP contribution is -2.03. The largest absolute Gasteiger partial charge is 0.490 e. The van der Waals surface area contributed by atoms with Gasteiger partial charge in [-0.15, -0.1) is 0 Å². The Labute approximate surface area is 80.4 Å². The van der Waals surface area contributed by atoms with Crippen molar-refractivity contribution in [2.24, 2.45) is 0 Å². The lowest BCUT2D eigenvalue weighted by Gasteiger charge is -2.08. The quantitative estimate of drug-likeness (QED) is 0.736. The van der Waals surface area contributed by atoms with Crippen molar-refractivity contribution in [2.45, 2.75) is 0 Å². The van der Waals surface area contributed by atoms with Crippen LogP contribution >= 0.6 is 0 Å². The SMILES string of the molecule is COc1c(N)ncnc1-n1ccnc1. The molecule has 0 bridgehead atoms. The molecule has 6 heteroatoms. The van der Waals surface area contributed by atoms with Crippen LogP contribution in [-0.4, -0.2) is 26.6 Å². The Bertz CT molecular complexity index is 425. The highest BCUT2D eigenvalue weighted by molar-refractivity contribution is 5.54. The Morgan fingerprint density at radius 3 is 2.93 bits per heavy atom. The molecule has 0 aromatic carbocycles. The zero-order valence-corrected chi connectivity index (χ0v) is 7.58. The van der Waals surface area contributed by atoms with Gasteiger partial charge in [0.2, 0.25) is 5.75 Å². The number of imidazole rings is 1. The van der Waals surface area contributed by atoms with Crippen molar-refractivity contribution >= 4 is 5.82 Å². The van der Waals surface area contributed by atoms with Crippen molar-refractivity contribution in [3.8, 4) is 11.6 Å². The van der Waals surface area contributed by atoms with Gasteiger partial charge in [0, 0.05) is 12.4 Å². The van der Waals surface area contributed by atoms with E-state index in [9.17, 15) is 0 Å². The van der Waals surface area contributed by atoms with Crippen LogP contribution in [0.1, 0.15) is 0 Å². The van der Waals surface area contributed by atoms with Gasteiger partial charge in [0.15, 0.2) is 11.6 Å². The summed E-state index contributed by atoms with van der Waals surface area (Å²) in [7, 11) is 1.52. The fraction of sp³-hybridized carbons (Fsp3) is 0.125. The molecular weight excluding hydrogens is 182 g/mol. The van der Waals surface area contributed by atoms with Crippen molar-refractivity contribution in [3.05, 3.63) is 25.0 Å². The molecule has 0 atom stereocenters. The normalized spacial score (nSPS) is 10.1. The molecule has 0 fully saturated rings. The summed E-state index contributed by atoms with van der Waals surface area (Å²) in [5.41, 5.74) is 5.63. The maximum absolute atomic E-state index is 5.63. The molecule has 0 amide bonds. The van der Waals surface area contributed by atoms with E-state index in [4.69, 9.17) is 10.5 Å². The minimum absolute atomic E-state index is 0.311. The van der Waals surface area contributed by atoms with Crippen molar-refractivity contribution in [1.29, 1.82) is 0 Å². The average molecular weight is 191 g/mol. The first-order valence-corrected chi connectivity index (χ1v) is 3.95. The highest BCUT2D eigenvalue weighted by Gasteiger charge is 2.10. The van der Waals surface area contributed by atoms with Gasteiger partial charge in [0.25, 0.3) is 0 Å². The summed E-state index contributed by atoms with van der Waals surface area (Å²) in [6.07, 6.45) is 6.40. The Kier molecular flexibility index (Phi) is 2.02. The molecular formula is C8H9N5O. The van der Waals surface area contributed by atoms with E-state index in [0.29, 0.717) is 17.4 Å². The number of methoxy groups -OCH3 is 1.